The molecule has 3 N–H and O–H groups in total. The number of carbonyl (C=O) groups excluding carboxylic acids is 3. The van der Waals surface area contributed by atoms with Crippen molar-refractivity contribution in [2.45, 2.75) is 19.4 Å². The summed E-state index contributed by atoms with van der Waals surface area (Å²) in [6.07, 6.45) is 0.0625. The van der Waals surface area contributed by atoms with Crippen molar-refractivity contribution in [2.75, 3.05) is 13.1 Å². The molecule has 0 bridgehead atoms. The zero-order chi connectivity index (χ0) is 10.6. The van der Waals surface area contributed by atoms with Gasteiger partial charge in [0.1, 0.15) is 0 Å². The number of hydrogen-bond acceptors (Lipinski definition) is 4. The van der Waals surface area contributed by atoms with Gasteiger partial charge in [-0.3, -0.25) is 25.0 Å². The maximum Gasteiger partial charge on any atom is 0.244 e. The van der Waals surface area contributed by atoms with Gasteiger partial charge in [-0.1, -0.05) is 0 Å². The summed E-state index contributed by atoms with van der Waals surface area (Å²) >= 11 is 0. The van der Waals surface area contributed by atoms with E-state index in [1.54, 1.807) is 6.92 Å². The van der Waals surface area contributed by atoms with Crippen LogP contribution in [0.1, 0.15) is 13.3 Å². The molecule has 1 unspecified atom stereocenters. The fraction of sp³-hybridized carbons (Fsp3) is 0.625. The summed E-state index contributed by atoms with van der Waals surface area (Å²) in [5.41, 5.74) is 0. The van der Waals surface area contributed by atoms with Crippen molar-refractivity contribution in [3.8, 4) is 0 Å². The lowest BCUT2D eigenvalue weighted by molar-refractivity contribution is -0.136. The minimum absolute atomic E-state index is 0.0625. The summed E-state index contributed by atoms with van der Waals surface area (Å²) < 4.78 is 0. The van der Waals surface area contributed by atoms with Crippen molar-refractivity contribution in [2.24, 2.45) is 0 Å². The van der Waals surface area contributed by atoms with Crippen LogP contribution in [0.15, 0.2) is 0 Å². The molecule has 1 saturated heterocycles. The van der Waals surface area contributed by atoms with Crippen molar-refractivity contribution in [1.82, 2.24) is 16.0 Å². The highest BCUT2D eigenvalue weighted by Gasteiger charge is 2.27. The molecule has 0 aromatic heterocycles. The molecular weight excluding hydrogens is 186 g/mol. The Morgan fingerprint density at radius 1 is 1.57 bits per heavy atom. The molecule has 1 aliphatic heterocycles. The number of nitrogens with one attached hydrogen (secondary N) is 3. The number of amides is 3. The predicted molar refractivity (Wildman–Crippen MR) is 48.2 cm³/mol. The Bertz CT molecular complexity index is 265. The minimum atomic E-state index is -0.598. The smallest absolute Gasteiger partial charge is 0.244 e. The van der Waals surface area contributed by atoms with E-state index in [2.05, 4.69) is 16.0 Å². The zero-order valence-electron chi connectivity index (χ0n) is 7.92. The third-order valence-corrected chi connectivity index (χ3v) is 1.85. The molecule has 1 atom stereocenters. The van der Waals surface area contributed by atoms with E-state index in [0.29, 0.717) is 6.54 Å². The molecular formula is C8H13N3O3. The van der Waals surface area contributed by atoms with E-state index < -0.39 is 11.9 Å². The van der Waals surface area contributed by atoms with Crippen molar-refractivity contribution >= 4 is 17.7 Å². The molecule has 0 radical (unpaired) electrons. The first-order chi connectivity index (χ1) is 6.63. The van der Waals surface area contributed by atoms with Gasteiger partial charge in [-0.25, -0.2) is 0 Å². The lowest BCUT2D eigenvalue weighted by Gasteiger charge is -2.21. The fourth-order valence-electron chi connectivity index (χ4n) is 1.20. The number of rotatable bonds is 3. The standard InChI is InChI=1S/C8H13N3O3/c1-2-9-6(12)3-5-8(14)11-7(13)4-10-5/h5,10H,2-4H2,1H3,(H,9,12)(H,11,13,14). The third kappa shape index (κ3) is 2.81. The Labute approximate surface area is 81.4 Å². The largest absolute Gasteiger partial charge is 0.356 e. The van der Waals surface area contributed by atoms with Gasteiger partial charge >= 0.3 is 0 Å². The van der Waals surface area contributed by atoms with Crippen LogP contribution in [0.3, 0.4) is 0 Å². The SMILES string of the molecule is CCNC(=O)CC1NCC(=O)NC1=O. The topological polar surface area (TPSA) is 87.3 Å². The summed E-state index contributed by atoms with van der Waals surface area (Å²) in [4.78, 5) is 33.0. The first kappa shape index (κ1) is 10.6. The van der Waals surface area contributed by atoms with Crippen LogP contribution >= 0.6 is 0 Å². The maximum atomic E-state index is 11.2. The molecule has 1 rings (SSSR count). The summed E-state index contributed by atoms with van der Waals surface area (Å²) in [7, 11) is 0. The fourth-order valence-corrected chi connectivity index (χ4v) is 1.20. The second-order valence-corrected chi connectivity index (χ2v) is 3.00. The molecule has 6 nitrogen and oxygen atoms in total. The molecule has 0 spiro atoms. The lowest BCUT2D eigenvalue weighted by Crippen LogP contribution is -2.57. The van der Waals surface area contributed by atoms with Gasteiger partial charge in [-0.2, -0.15) is 0 Å². The lowest BCUT2D eigenvalue weighted by atomic mass is 10.1. The molecule has 0 aromatic carbocycles. The van der Waals surface area contributed by atoms with Crippen molar-refractivity contribution in [3.05, 3.63) is 0 Å². The van der Waals surface area contributed by atoms with Gasteiger partial charge < -0.3 is 5.32 Å². The van der Waals surface area contributed by atoms with Crippen LogP contribution in [0.2, 0.25) is 0 Å². The Balaban J connectivity index is 2.41. The van der Waals surface area contributed by atoms with Gasteiger partial charge in [0.05, 0.1) is 19.0 Å². The number of piperazine rings is 1. The Morgan fingerprint density at radius 2 is 2.29 bits per heavy atom. The molecule has 0 saturated carbocycles. The van der Waals surface area contributed by atoms with E-state index in [4.69, 9.17) is 0 Å². The monoisotopic (exact) mass is 199 g/mol. The van der Waals surface area contributed by atoms with E-state index in [9.17, 15) is 14.4 Å². The average molecular weight is 199 g/mol. The van der Waals surface area contributed by atoms with Crippen LogP contribution in [-0.2, 0) is 14.4 Å². The van der Waals surface area contributed by atoms with Gasteiger partial charge in [0.2, 0.25) is 17.7 Å². The van der Waals surface area contributed by atoms with Crippen LogP contribution < -0.4 is 16.0 Å². The summed E-state index contributed by atoms with van der Waals surface area (Å²) in [5, 5.41) is 7.42. The second kappa shape index (κ2) is 4.71. The van der Waals surface area contributed by atoms with Crippen LogP contribution in [0.25, 0.3) is 0 Å². The summed E-state index contributed by atoms with van der Waals surface area (Å²) in [6, 6.07) is -0.598. The van der Waals surface area contributed by atoms with Crippen LogP contribution in [0, 0.1) is 0 Å². The quantitative estimate of drug-likeness (QED) is 0.465. The molecule has 0 aromatic rings. The first-order valence-corrected chi connectivity index (χ1v) is 4.47. The molecule has 14 heavy (non-hydrogen) atoms. The van der Waals surface area contributed by atoms with Gasteiger partial charge in [0, 0.05) is 6.54 Å². The predicted octanol–water partition coefficient (Wildman–Crippen LogP) is -1.87. The molecule has 0 aliphatic carbocycles. The van der Waals surface area contributed by atoms with Gasteiger partial charge in [-0.05, 0) is 6.92 Å². The van der Waals surface area contributed by atoms with Crippen molar-refractivity contribution in [3.63, 3.8) is 0 Å². The Morgan fingerprint density at radius 3 is 2.86 bits per heavy atom. The number of imide groups is 1. The van der Waals surface area contributed by atoms with E-state index in [-0.39, 0.29) is 24.8 Å². The van der Waals surface area contributed by atoms with Crippen LogP contribution in [0.4, 0.5) is 0 Å². The summed E-state index contributed by atoms with van der Waals surface area (Å²) in [5.74, 6) is -0.996. The van der Waals surface area contributed by atoms with E-state index in [1.165, 1.54) is 0 Å². The van der Waals surface area contributed by atoms with Crippen LogP contribution in [-0.4, -0.2) is 36.9 Å². The van der Waals surface area contributed by atoms with E-state index >= 15 is 0 Å². The molecule has 1 fully saturated rings. The highest BCUT2D eigenvalue weighted by atomic mass is 16.2. The van der Waals surface area contributed by atoms with E-state index in [1.807, 2.05) is 0 Å². The normalized spacial score (nSPS) is 21.6. The number of carbonyl (C=O) groups is 3. The third-order valence-electron chi connectivity index (χ3n) is 1.85. The van der Waals surface area contributed by atoms with Gasteiger partial charge in [0.25, 0.3) is 0 Å². The number of hydrogen-bond donors (Lipinski definition) is 3. The van der Waals surface area contributed by atoms with Gasteiger partial charge in [0.15, 0.2) is 0 Å². The first-order valence-electron chi connectivity index (χ1n) is 4.47. The molecule has 78 valence electrons. The maximum absolute atomic E-state index is 11.2. The highest BCUT2D eigenvalue weighted by Crippen LogP contribution is 1.96. The van der Waals surface area contributed by atoms with E-state index in [0.717, 1.165) is 0 Å². The Kier molecular flexibility index (Phi) is 3.58. The summed E-state index contributed by atoms with van der Waals surface area (Å²) in [6.45, 7) is 2.41. The van der Waals surface area contributed by atoms with Crippen molar-refractivity contribution < 1.29 is 14.4 Å². The minimum Gasteiger partial charge on any atom is -0.356 e. The van der Waals surface area contributed by atoms with Crippen molar-refractivity contribution in [1.29, 1.82) is 0 Å². The molecule has 1 aliphatic rings. The second-order valence-electron chi connectivity index (χ2n) is 3.00. The molecule has 3 amide bonds. The molecule has 1 heterocycles. The average Bonchev–Trinajstić information content (AvgIpc) is 2.10. The highest BCUT2D eigenvalue weighted by molar-refractivity contribution is 6.02. The molecule has 6 heteroatoms. The van der Waals surface area contributed by atoms with Gasteiger partial charge in [-0.15, -0.1) is 0 Å². The zero-order valence-corrected chi connectivity index (χ0v) is 7.92. The van der Waals surface area contributed by atoms with Crippen LogP contribution in [0.5, 0.6) is 0 Å². The Hall–Kier alpha value is -1.43.